The lowest BCUT2D eigenvalue weighted by Gasteiger charge is -2.13. The molecule has 3 aromatic rings. The Balaban J connectivity index is 1.68. The molecule has 7 nitrogen and oxygen atoms in total. The number of pyridine rings is 1. The van der Waals surface area contributed by atoms with Crippen LogP contribution in [0.3, 0.4) is 0 Å². The quantitative estimate of drug-likeness (QED) is 0.606. The summed E-state index contributed by atoms with van der Waals surface area (Å²) in [5.41, 5.74) is 2.45. The lowest BCUT2D eigenvalue weighted by atomic mass is 10.1. The molecule has 2 heterocycles. The second kappa shape index (κ2) is 9.03. The fourth-order valence-electron chi connectivity index (χ4n) is 2.92. The van der Waals surface area contributed by atoms with Crippen LogP contribution in [-0.2, 0) is 13.5 Å². The van der Waals surface area contributed by atoms with E-state index in [1.165, 1.54) is 10.6 Å². The molecule has 0 saturated carbocycles. The maximum Gasteiger partial charge on any atom is 0.255 e. The van der Waals surface area contributed by atoms with E-state index in [-0.39, 0.29) is 5.56 Å². The molecular weight excluding hydrogens is 356 g/mol. The molecule has 0 bridgehead atoms. The van der Waals surface area contributed by atoms with Crippen molar-refractivity contribution >= 4 is 5.95 Å². The third-order valence-electron chi connectivity index (χ3n) is 4.50. The van der Waals surface area contributed by atoms with Crippen molar-refractivity contribution in [1.82, 2.24) is 14.5 Å². The first-order valence-electron chi connectivity index (χ1n) is 9.05. The highest BCUT2D eigenvalue weighted by Gasteiger charge is 2.08. The van der Waals surface area contributed by atoms with Crippen LogP contribution in [0.5, 0.6) is 11.5 Å². The first kappa shape index (κ1) is 19.4. The highest BCUT2D eigenvalue weighted by Crippen LogP contribution is 2.25. The Morgan fingerprint density at radius 1 is 1.07 bits per heavy atom. The molecule has 0 saturated heterocycles. The molecule has 2 aromatic heterocycles. The number of benzene rings is 1. The Morgan fingerprint density at radius 3 is 2.57 bits per heavy atom. The van der Waals surface area contributed by atoms with E-state index in [2.05, 4.69) is 15.3 Å². The number of hydrogen-bond donors (Lipinski definition) is 1. The molecular formula is C21H24N4O3. The Bertz CT molecular complexity index is 987. The number of ether oxygens (including phenoxy) is 2. The fourth-order valence-corrected chi connectivity index (χ4v) is 2.92. The van der Waals surface area contributed by atoms with Crippen molar-refractivity contribution in [1.29, 1.82) is 0 Å². The SMILES string of the molecule is COc1ccc(OC)c(CCCNc2nc(-c3ccncc3)cc(=O)n2C)c1. The Kier molecular flexibility index (Phi) is 6.26. The molecule has 0 spiro atoms. The molecule has 0 fully saturated rings. The van der Waals surface area contributed by atoms with Crippen molar-refractivity contribution in [3.8, 4) is 22.8 Å². The van der Waals surface area contributed by atoms with Crippen molar-refractivity contribution in [3.05, 3.63) is 64.7 Å². The summed E-state index contributed by atoms with van der Waals surface area (Å²) >= 11 is 0. The third kappa shape index (κ3) is 4.49. The van der Waals surface area contributed by atoms with Crippen LogP contribution in [0.1, 0.15) is 12.0 Å². The van der Waals surface area contributed by atoms with Gasteiger partial charge in [0.15, 0.2) is 0 Å². The van der Waals surface area contributed by atoms with Gasteiger partial charge in [0.2, 0.25) is 5.95 Å². The lowest BCUT2D eigenvalue weighted by molar-refractivity contribution is 0.398. The van der Waals surface area contributed by atoms with Crippen LogP contribution in [0.15, 0.2) is 53.6 Å². The summed E-state index contributed by atoms with van der Waals surface area (Å²) in [5, 5.41) is 3.26. The van der Waals surface area contributed by atoms with Gasteiger partial charge in [-0.15, -0.1) is 0 Å². The van der Waals surface area contributed by atoms with Gasteiger partial charge in [-0.25, -0.2) is 4.98 Å². The van der Waals surface area contributed by atoms with Gasteiger partial charge in [-0.05, 0) is 48.7 Å². The molecule has 3 rings (SSSR count). The van der Waals surface area contributed by atoms with Crippen molar-refractivity contribution in [2.45, 2.75) is 12.8 Å². The van der Waals surface area contributed by atoms with E-state index in [0.717, 1.165) is 35.5 Å². The smallest absolute Gasteiger partial charge is 0.255 e. The van der Waals surface area contributed by atoms with Crippen LogP contribution in [-0.4, -0.2) is 35.3 Å². The number of nitrogens with zero attached hydrogens (tertiary/aromatic N) is 3. The van der Waals surface area contributed by atoms with E-state index in [1.54, 1.807) is 33.7 Å². The van der Waals surface area contributed by atoms with Crippen molar-refractivity contribution < 1.29 is 9.47 Å². The molecule has 146 valence electrons. The minimum absolute atomic E-state index is 0.112. The summed E-state index contributed by atoms with van der Waals surface area (Å²) in [6, 6.07) is 11.0. The van der Waals surface area contributed by atoms with Crippen LogP contribution < -0.4 is 20.3 Å². The maximum atomic E-state index is 12.3. The van der Waals surface area contributed by atoms with Crippen molar-refractivity contribution in [3.63, 3.8) is 0 Å². The van der Waals surface area contributed by atoms with Crippen LogP contribution in [0, 0.1) is 0 Å². The number of rotatable bonds is 8. The minimum atomic E-state index is -0.112. The average molecular weight is 380 g/mol. The lowest BCUT2D eigenvalue weighted by Crippen LogP contribution is -2.22. The van der Waals surface area contributed by atoms with E-state index < -0.39 is 0 Å². The van der Waals surface area contributed by atoms with Crippen LogP contribution in [0.4, 0.5) is 5.95 Å². The van der Waals surface area contributed by atoms with Gasteiger partial charge >= 0.3 is 0 Å². The zero-order valence-corrected chi connectivity index (χ0v) is 16.3. The van der Waals surface area contributed by atoms with Gasteiger partial charge in [-0.1, -0.05) is 0 Å². The minimum Gasteiger partial charge on any atom is -0.497 e. The number of aryl methyl sites for hydroxylation is 1. The fraction of sp³-hybridized carbons (Fsp3) is 0.286. The maximum absolute atomic E-state index is 12.3. The second-order valence-electron chi connectivity index (χ2n) is 6.31. The number of methoxy groups -OCH3 is 2. The monoisotopic (exact) mass is 380 g/mol. The summed E-state index contributed by atoms with van der Waals surface area (Å²) in [6.07, 6.45) is 5.02. The highest BCUT2D eigenvalue weighted by atomic mass is 16.5. The number of anilines is 1. The molecule has 0 radical (unpaired) electrons. The molecule has 0 aliphatic carbocycles. The van der Waals surface area contributed by atoms with Gasteiger partial charge in [0.05, 0.1) is 19.9 Å². The van der Waals surface area contributed by atoms with Crippen LogP contribution in [0.25, 0.3) is 11.3 Å². The normalized spacial score (nSPS) is 10.5. The zero-order valence-electron chi connectivity index (χ0n) is 16.3. The predicted molar refractivity (Wildman–Crippen MR) is 109 cm³/mol. The summed E-state index contributed by atoms with van der Waals surface area (Å²) in [6.45, 7) is 0.667. The molecule has 7 heteroatoms. The van der Waals surface area contributed by atoms with Gasteiger partial charge in [0.1, 0.15) is 11.5 Å². The van der Waals surface area contributed by atoms with Crippen LogP contribution in [0.2, 0.25) is 0 Å². The molecule has 0 aliphatic rings. The van der Waals surface area contributed by atoms with E-state index in [0.29, 0.717) is 18.2 Å². The van der Waals surface area contributed by atoms with Crippen LogP contribution >= 0.6 is 0 Å². The molecule has 0 unspecified atom stereocenters. The highest BCUT2D eigenvalue weighted by molar-refractivity contribution is 5.59. The Morgan fingerprint density at radius 2 is 1.86 bits per heavy atom. The number of aromatic nitrogens is 3. The van der Waals surface area contributed by atoms with Gasteiger partial charge in [-0.3, -0.25) is 14.3 Å². The molecule has 28 heavy (non-hydrogen) atoms. The summed E-state index contributed by atoms with van der Waals surface area (Å²) in [5.74, 6) is 2.18. The molecule has 0 atom stereocenters. The first-order chi connectivity index (χ1) is 13.6. The van der Waals surface area contributed by atoms with Gasteiger partial charge in [0, 0.05) is 37.6 Å². The van der Waals surface area contributed by atoms with Gasteiger partial charge in [0.25, 0.3) is 5.56 Å². The van der Waals surface area contributed by atoms with Crippen molar-refractivity contribution in [2.75, 3.05) is 26.1 Å². The zero-order chi connectivity index (χ0) is 19.9. The van der Waals surface area contributed by atoms with E-state index in [9.17, 15) is 4.79 Å². The van der Waals surface area contributed by atoms with Gasteiger partial charge < -0.3 is 14.8 Å². The Hall–Kier alpha value is -3.35. The van der Waals surface area contributed by atoms with Gasteiger partial charge in [-0.2, -0.15) is 0 Å². The summed E-state index contributed by atoms with van der Waals surface area (Å²) in [7, 11) is 5.02. The Labute approximate surface area is 164 Å². The predicted octanol–water partition coefficient (Wildman–Crippen LogP) is 2.90. The topological polar surface area (TPSA) is 78.3 Å². The largest absolute Gasteiger partial charge is 0.497 e. The first-order valence-corrected chi connectivity index (χ1v) is 9.05. The summed E-state index contributed by atoms with van der Waals surface area (Å²) < 4.78 is 12.2. The number of hydrogen-bond acceptors (Lipinski definition) is 6. The summed E-state index contributed by atoms with van der Waals surface area (Å²) in [4.78, 5) is 20.9. The average Bonchev–Trinajstić information content (AvgIpc) is 2.74. The van der Waals surface area contributed by atoms with Crippen molar-refractivity contribution in [2.24, 2.45) is 7.05 Å². The molecule has 1 N–H and O–H groups in total. The molecule has 0 aliphatic heterocycles. The second-order valence-corrected chi connectivity index (χ2v) is 6.31. The van der Waals surface area contributed by atoms with E-state index in [1.807, 2.05) is 30.3 Å². The molecule has 1 aromatic carbocycles. The standard InChI is InChI=1S/C21H24N4O3/c1-25-20(26)14-18(15-8-11-22-12-9-15)24-21(25)23-10-4-5-16-13-17(27-2)6-7-19(16)28-3/h6-9,11-14H,4-5,10H2,1-3H3,(H,23,24). The third-order valence-corrected chi connectivity index (χ3v) is 4.50. The number of nitrogens with one attached hydrogen (secondary N) is 1. The van der Waals surface area contributed by atoms with E-state index >= 15 is 0 Å². The molecule has 0 amide bonds. The van der Waals surface area contributed by atoms with E-state index in [4.69, 9.17) is 9.47 Å².